The molecule has 0 heterocycles. The van der Waals surface area contributed by atoms with Crippen LogP contribution in [0.2, 0.25) is 0 Å². The standard InChI is InChI=1S/C9H15ClO/c1-9(10)7-5-3-2-4-6-8(9)11/h2-7H2,1H3. The van der Waals surface area contributed by atoms with E-state index in [1.807, 2.05) is 6.92 Å². The molecule has 64 valence electrons. The zero-order valence-electron chi connectivity index (χ0n) is 7.03. The average Bonchev–Trinajstić information content (AvgIpc) is 1.93. The van der Waals surface area contributed by atoms with Crippen LogP contribution < -0.4 is 0 Å². The first-order valence-electron chi connectivity index (χ1n) is 4.35. The van der Waals surface area contributed by atoms with Crippen molar-refractivity contribution in [2.75, 3.05) is 0 Å². The molecule has 0 bridgehead atoms. The SMILES string of the molecule is CC1(Cl)CCCCCCC1=O. The van der Waals surface area contributed by atoms with Crippen LogP contribution in [0.5, 0.6) is 0 Å². The van der Waals surface area contributed by atoms with Crippen LogP contribution in [0.3, 0.4) is 0 Å². The number of carbonyl (C=O) groups excluding carboxylic acids is 1. The Morgan fingerprint density at radius 3 is 2.64 bits per heavy atom. The lowest BCUT2D eigenvalue weighted by atomic mass is 9.91. The molecule has 0 radical (unpaired) electrons. The quantitative estimate of drug-likeness (QED) is 0.516. The molecule has 1 rings (SSSR count). The summed E-state index contributed by atoms with van der Waals surface area (Å²) < 4.78 is 0. The first-order valence-corrected chi connectivity index (χ1v) is 4.73. The lowest BCUT2D eigenvalue weighted by Gasteiger charge is -2.22. The fraction of sp³-hybridized carbons (Fsp3) is 0.889. The van der Waals surface area contributed by atoms with Gasteiger partial charge in [-0.05, 0) is 19.8 Å². The summed E-state index contributed by atoms with van der Waals surface area (Å²) in [6.45, 7) is 1.85. The van der Waals surface area contributed by atoms with Gasteiger partial charge in [-0.3, -0.25) is 4.79 Å². The number of halogens is 1. The van der Waals surface area contributed by atoms with E-state index in [4.69, 9.17) is 11.6 Å². The van der Waals surface area contributed by atoms with Gasteiger partial charge in [0.2, 0.25) is 0 Å². The summed E-state index contributed by atoms with van der Waals surface area (Å²) in [6.07, 6.45) is 6.09. The van der Waals surface area contributed by atoms with Crippen molar-refractivity contribution < 1.29 is 4.79 Å². The second-order valence-electron chi connectivity index (χ2n) is 3.53. The minimum Gasteiger partial charge on any atom is -0.298 e. The van der Waals surface area contributed by atoms with Crippen LogP contribution in [0.1, 0.15) is 45.4 Å². The maximum Gasteiger partial charge on any atom is 0.153 e. The summed E-state index contributed by atoms with van der Waals surface area (Å²) >= 11 is 6.05. The van der Waals surface area contributed by atoms with Crippen LogP contribution in [0.25, 0.3) is 0 Å². The Balaban J connectivity index is 2.54. The molecular formula is C9H15ClO. The molecule has 1 saturated carbocycles. The van der Waals surface area contributed by atoms with Crippen LogP contribution >= 0.6 is 11.6 Å². The zero-order chi connectivity index (χ0) is 8.32. The number of hydrogen-bond acceptors (Lipinski definition) is 1. The molecule has 0 aromatic carbocycles. The van der Waals surface area contributed by atoms with Crippen molar-refractivity contribution in [2.24, 2.45) is 0 Å². The Morgan fingerprint density at radius 1 is 1.27 bits per heavy atom. The molecule has 1 fully saturated rings. The van der Waals surface area contributed by atoms with Crippen LogP contribution in [0.15, 0.2) is 0 Å². The monoisotopic (exact) mass is 174 g/mol. The highest BCUT2D eigenvalue weighted by Gasteiger charge is 2.29. The van der Waals surface area contributed by atoms with E-state index in [9.17, 15) is 4.79 Å². The van der Waals surface area contributed by atoms with E-state index < -0.39 is 4.87 Å². The summed E-state index contributed by atoms with van der Waals surface area (Å²) in [7, 11) is 0. The maximum absolute atomic E-state index is 11.4. The van der Waals surface area contributed by atoms with Gasteiger partial charge in [0.25, 0.3) is 0 Å². The highest BCUT2D eigenvalue weighted by molar-refractivity contribution is 6.34. The van der Waals surface area contributed by atoms with Crippen molar-refractivity contribution in [3.8, 4) is 0 Å². The highest BCUT2D eigenvalue weighted by atomic mass is 35.5. The van der Waals surface area contributed by atoms with E-state index in [0.717, 1.165) is 19.3 Å². The molecule has 1 unspecified atom stereocenters. The summed E-state index contributed by atoms with van der Waals surface area (Å²) in [5.74, 6) is 0.235. The molecule has 1 aliphatic rings. The molecule has 0 N–H and O–H groups in total. The minimum atomic E-state index is -0.555. The van der Waals surface area contributed by atoms with Crippen molar-refractivity contribution in [3.05, 3.63) is 0 Å². The average molecular weight is 175 g/mol. The Morgan fingerprint density at radius 2 is 1.91 bits per heavy atom. The first-order chi connectivity index (χ1) is 5.13. The van der Waals surface area contributed by atoms with Crippen LogP contribution in [0, 0.1) is 0 Å². The Hall–Kier alpha value is -0.0400. The minimum absolute atomic E-state index is 0.235. The zero-order valence-corrected chi connectivity index (χ0v) is 7.78. The summed E-state index contributed by atoms with van der Waals surface area (Å²) in [4.78, 5) is 10.8. The molecule has 1 atom stereocenters. The Kier molecular flexibility index (Phi) is 2.94. The van der Waals surface area contributed by atoms with Crippen LogP contribution in [0.4, 0.5) is 0 Å². The predicted octanol–water partition coefficient (Wildman–Crippen LogP) is 2.91. The molecule has 0 aromatic rings. The van der Waals surface area contributed by atoms with Gasteiger partial charge in [0, 0.05) is 6.42 Å². The number of alkyl halides is 1. The molecular weight excluding hydrogens is 160 g/mol. The number of hydrogen-bond donors (Lipinski definition) is 0. The maximum atomic E-state index is 11.4. The van der Waals surface area contributed by atoms with E-state index in [2.05, 4.69) is 0 Å². The molecule has 11 heavy (non-hydrogen) atoms. The van der Waals surface area contributed by atoms with E-state index in [1.165, 1.54) is 12.8 Å². The molecule has 0 amide bonds. The van der Waals surface area contributed by atoms with Gasteiger partial charge >= 0.3 is 0 Å². The van der Waals surface area contributed by atoms with Crippen molar-refractivity contribution >= 4 is 17.4 Å². The molecule has 2 heteroatoms. The largest absolute Gasteiger partial charge is 0.298 e. The van der Waals surface area contributed by atoms with Crippen molar-refractivity contribution in [3.63, 3.8) is 0 Å². The molecule has 1 nitrogen and oxygen atoms in total. The van der Waals surface area contributed by atoms with Crippen molar-refractivity contribution in [2.45, 2.75) is 50.3 Å². The van der Waals surface area contributed by atoms with E-state index >= 15 is 0 Å². The fourth-order valence-electron chi connectivity index (χ4n) is 1.50. The Bertz CT molecular complexity index is 152. The van der Waals surface area contributed by atoms with Gasteiger partial charge < -0.3 is 0 Å². The van der Waals surface area contributed by atoms with Gasteiger partial charge in [-0.1, -0.05) is 19.3 Å². The molecule has 0 saturated heterocycles. The topological polar surface area (TPSA) is 17.1 Å². The molecule has 1 aliphatic carbocycles. The lowest BCUT2D eigenvalue weighted by Crippen LogP contribution is -2.29. The van der Waals surface area contributed by atoms with E-state index in [-0.39, 0.29) is 5.78 Å². The Labute approximate surface area is 73.1 Å². The second-order valence-corrected chi connectivity index (χ2v) is 4.37. The summed E-state index contributed by atoms with van der Waals surface area (Å²) in [6, 6.07) is 0. The molecule has 0 spiro atoms. The number of Topliss-reactive ketones (excluding diaryl/α,β-unsaturated/α-hetero) is 1. The van der Waals surface area contributed by atoms with Gasteiger partial charge in [0.15, 0.2) is 5.78 Å². The van der Waals surface area contributed by atoms with Gasteiger partial charge in [0.1, 0.15) is 0 Å². The van der Waals surface area contributed by atoms with Crippen molar-refractivity contribution in [1.82, 2.24) is 0 Å². The third-order valence-electron chi connectivity index (χ3n) is 2.38. The van der Waals surface area contributed by atoms with Gasteiger partial charge in [-0.2, -0.15) is 0 Å². The summed E-state index contributed by atoms with van der Waals surface area (Å²) in [5, 5.41) is 0. The predicted molar refractivity (Wildman–Crippen MR) is 47.0 cm³/mol. The smallest absolute Gasteiger partial charge is 0.153 e. The van der Waals surface area contributed by atoms with Gasteiger partial charge in [0.05, 0.1) is 4.87 Å². The third kappa shape index (κ3) is 2.48. The molecule has 0 aromatic heterocycles. The number of carbonyl (C=O) groups is 1. The number of ketones is 1. The third-order valence-corrected chi connectivity index (χ3v) is 2.78. The van der Waals surface area contributed by atoms with E-state index in [0.29, 0.717) is 6.42 Å². The number of rotatable bonds is 0. The lowest BCUT2D eigenvalue weighted by molar-refractivity contribution is -0.121. The fourth-order valence-corrected chi connectivity index (χ4v) is 1.72. The van der Waals surface area contributed by atoms with Crippen molar-refractivity contribution in [1.29, 1.82) is 0 Å². The van der Waals surface area contributed by atoms with Gasteiger partial charge in [-0.15, -0.1) is 11.6 Å². The van der Waals surface area contributed by atoms with E-state index in [1.54, 1.807) is 0 Å². The van der Waals surface area contributed by atoms with Crippen LogP contribution in [-0.2, 0) is 4.79 Å². The molecule has 0 aliphatic heterocycles. The van der Waals surface area contributed by atoms with Gasteiger partial charge in [-0.25, -0.2) is 0 Å². The highest BCUT2D eigenvalue weighted by Crippen LogP contribution is 2.28. The van der Waals surface area contributed by atoms with Crippen LogP contribution in [-0.4, -0.2) is 10.7 Å². The summed E-state index contributed by atoms with van der Waals surface area (Å²) in [5.41, 5.74) is 0. The first kappa shape index (κ1) is 9.05. The normalized spacial score (nSPS) is 34.5. The second kappa shape index (κ2) is 3.57.